The number of benzene rings is 4. The van der Waals surface area contributed by atoms with E-state index in [9.17, 15) is 8.42 Å². The maximum atomic E-state index is 13.4. The van der Waals surface area contributed by atoms with E-state index in [1.165, 1.54) is 5.56 Å². The van der Waals surface area contributed by atoms with Crippen LogP contribution in [-0.4, -0.2) is 26.0 Å². The highest BCUT2D eigenvalue weighted by atomic mass is 32.2. The summed E-state index contributed by atoms with van der Waals surface area (Å²) in [5.41, 5.74) is 3.67. The number of allylic oxidation sites excluding steroid dienone is 2. The van der Waals surface area contributed by atoms with Gasteiger partial charge in [0.1, 0.15) is 23.4 Å². The average molecular weight is 583 g/mol. The van der Waals surface area contributed by atoms with Gasteiger partial charge in [-0.2, -0.15) is 11.8 Å². The van der Waals surface area contributed by atoms with Crippen molar-refractivity contribution in [3.05, 3.63) is 120 Å². The standard InChI is InChI=1S/C33H30N2O4S2/c36-41(37,35-23-11-15-26(16-12-23)38-24-5-2-1-3-6-24)28-17-18-32-31(19-28)29-7-4-8-30(29)33(34-32)22-9-13-25(14-10-22)39-27-20-40-21-27/h1-7,9-19,27,29-30,33-35H,8,20-21H2/t29-,30+,33+/m0/s1. The molecule has 0 aromatic heterocycles. The van der Waals surface area contributed by atoms with Gasteiger partial charge in [0, 0.05) is 28.8 Å². The number of hydrogen-bond acceptors (Lipinski definition) is 6. The Hall–Kier alpha value is -3.88. The lowest BCUT2D eigenvalue weighted by molar-refractivity contribution is 0.240. The third-order valence-electron chi connectivity index (χ3n) is 7.88. The highest BCUT2D eigenvalue weighted by Gasteiger charge is 2.38. The molecule has 0 bridgehead atoms. The van der Waals surface area contributed by atoms with Gasteiger partial charge < -0.3 is 14.8 Å². The predicted octanol–water partition coefficient (Wildman–Crippen LogP) is 7.60. The molecular weight excluding hydrogens is 553 g/mol. The van der Waals surface area contributed by atoms with Gasteiger partial charge in [-0.3, -0.25) is 4.72 Å². The van der Waals surface area contributed by atoms with Crippen LogP contribution in [0.25, 0.3) is 0 Å². The van der Waals surface area contributed by atoms with E-state index in [1.54, 1.807) is 30.3 Å². The highest BCUT2D eigenvalue weighted by molar-refractivity contribution is 8.00. The second-order valence-electron chi connectivity index (χ2n) is 10.6. The van der Waals surface area contributed by atoms with Crippen molar-refractivity contribution in [2.75, 3.05) is 21.5 Å². The van der Waals surface area contributed by atoms with Crippen LogP contribution in [0.15, 0.2) is 114 Å². The number of nitrogens with one attached hydrogen (secondary N) is 2. The van der Waals surface area contributed by atoms with Crippen LogP contribution >= 0.6 is 11.8 Å². The molecule has 2 aliphatic heterocycles. The van der Waals surface area contributed by atoms with Crippen molar-refractivity contribution in [1.29, 1.82) is 0 Å². The van der Waals surface area contributed by atoms with Gasteiger partial charge >= 0.3 is 0 Å². The smallest absolute Gasteiger partial charge is 0.261 e. The molecule has 1 saturated heterocycles. The fourth-order valence-corrected chi connectivity index (χ4v) is 7.39. The number of fused-ring (bicyclic) bond motifs is 3. The van der Waals surface area contributed by atoms with Crippen LogP contribution in [0, 0.1) is 5.92 Å². The van der Waals surface area contributed by atoms with Crippen LogP contribution < -0.4 is 19.5 Å². The molecular formula is C33H30N2O4S2. The number of thioether (sulfide) groups is 1. The molecule has 3 aliphatic rings. The second kappa shape index (κ2) is 10.8. The molecule has 4 aromatic carbocycles. The Kier molecular flexibility index (Phi) is 6.88. The summed E-state index contributed by atoms with van der Waals surface area (Å²) >= 11 is 1.91. The second-order valence-corrected chi connectivity index (χ2v) is 13.4. The lowest BCUT2D eigenvalue weighted by Gasteiger charge is -2.38. The molecule has 41 heavy (non-hydrogen) atoms. The van der Waals surface area contributed by atoms with Gasteiger partial charge in [0.05, 0.1) is 10.9 Å². The quantitative estimate of drug-likeness (QED) is 0.208. The lowest BCUT2D eigenvalue weighted by Crippen LogP contribution is -2.31. The maximum absolute atomic E-state index is 13.4. The summed E-state index contributed by atoms with van der Waals surface area (Å²) in [5.74, 6) is 4.83. The summed E-state index contributed by atoms with van der Waals surface area (Å²) in [6.07, 6.45) is 5.69. The molecule has 1 aliphatic carbocycles. The van der Waals surface area contributed by atoms with E-state index in [-0.39, 0.29) is 16.9 Å². The monoisotopic (exact) mass is 582 g/mol. The molecule has 0 saturated carbocycles. The summed E-state index contributed by atoms with van der Waals surface area (Å²) in [5, 5.41) is 3.71. The number of rotatable bonds is 8. The summed E-state index contributed by atoms with van der Waals surface area (Å²) in [4.78, 5) is 0.246. The van der Waals surface area contributed by atoms with Gasteiger partial charge in [-0.1, -0.05) is 42.5 Å². The number of sulfonamides is 1. The number of para-hydroxylation sites is 1. The Morgan fingerprint density at radius 3 is 2.29 bits per heavy atom. The first-order valence-corrected chi connectivity index (χ1v) is 16.4. The van der Waals surface area contributed by atoms with Crippen molar-refractivity contribution in [3.63, 3.8) is 0 Å². The molecule has 0 unspecified atom stereocenters. The molecule has 0 radical (unpaired) electrons. The third kappa shape index (κ3) is 5.42. The Bertz CT molecular complexity index is 1670. The van der Waals surface area contributed by atoms with Crippen molar-refractivity contribution in [2.45, 2.75) is 29.4 Å². The van der Waals surface area contributed by atoms with Crippen molar-refractivity contribution in [1.82, 2.24) is 0 Å². The summed E-state index contributed by atoms with van der Waals surface area (Å²) < 4.78 is 41.3. The van der Waals surface area contributed by atoms with E-state index < -0.39 is 10.0 Å². The van der Waals surface area contributed by atoms with Crippen molar-refractivity contribution in [3.8, 4) is 17.2 Å². The third-order valence-corrected chi connectivity index (χ3v) is 10.5. The van der Waals surface area contributed by atoms with Gasteiger partial charge in [0.2, 0.25) is 0 Å². The topological polar surface area (TPSA) is 76.7 Å². The molecule has 2 heterocycles. The first-order valence-electron chi connectivity index (χ1n) is 13.8. The number of hydrogen-bond donors (Lipinski definition) is 2. The van der Waals surface area contributed by atoms with Crippen LogP contribution in [0.2, 0.25) is 0 Å². The van der Waals surface area contributed by atoms with Gasteiger partial charge in [-0.15, -0.1) is 0 Å². The average Bonchev–Trinajstić information content (AvgIpc) is 3.47. The zero-order valence-corrected chi connectivity index (χ0v) is 23.9. The highest BCUT2D eigenvalue weighted by Crippen LogP contribution is 2.50. The number of anilines is 2. The molecule has 6 nitrogen and oxygen atoms in total. The molecule has 0 amide bonds. The van der Waals surface area contributed by atoms with Crippen molar-refractivity contribution in [2.24, 2.45) is 5.92 Å². The predicted molar refractivity (Wildman–Crippen MR) is 165 cm³/mol. The minimum Gasteiger partial charge on any atom is -0.489 e. The summed E-state index contributed by atoms with van der Waals surface area (Å²) in [7, 11) is -3.78. The van der Waals surface area contributed by atoms with Crippen LogP contribution in [0.1, 0.15) is 29.5 Å². The lowest BCUT2D eigenvalue weighted by atomic mass is 9.77. The largest absolute Gasteiger partial charge is 0.489 e. The van der Waals surface area contributed by atoms with E-state index in [4.69, 9.17) is 9.47 Å². The van der Waals surface area contributed by atoms with E-state index in [0.717, 1.165) is 40.7 Å². The summed E-state index contributed by atoms with van der Waals surface area (Å²) in [6.45, 7) is 0. The van der Waals surface area contributed by atoms with E-state index >= 15 is 0 Å². The van der Waals surface area contributed by atoms with Crippen LogP contribution in [-0.2, 0) is 10.0 Å². The minimum absolute atomic E-state index is 0.132. The molecule has 3 atom stereocenters. The Morgan fingerprint density at radius 1 is 0.829 bits per heavy atom. The van der Waals surface area contributed by atoms with Gasteiger partial charge in [-0.25, -0.2) is 8.42 Å². The van der Waals surface area contributed by atoms with Crippen LogP contribution in [0.4, 0.5) is 11.4 Å². The Labute approximate surface area is 244 Å². The fraction of sp³-hybridized carbons (Fsp3) is 0.212. The van der Waals surface area contributed by atoms with Crippen molar-refractivity contribution < 1.29 is 17.9 Å². The zero-order valence-electron chi connectivity index (χ0n) is 22.3. The molecule has 1 fully saturated rings. The molecule has 4 aromatic rings. The summed E-state index contributed by atoms with van der Waals surface area (Å²) in [6, 6.07) is 30.3. The molecule has 8 heteroatoms. The zero-order chi connectivity index (χ0) is 27.8. The van der Waals surface area contributed by atoms with E-state index in [0.29, 0.717) is 23.5 Å². The molecule has 2 N–H and O–H groups in total. The van der Waals surface area contributed by atoms with Gasteiger partial charge in [0.25, 0.3) is 10.0 Å². The Morgan fingerprint density at radius 2 is 1.56 bits per heavy atom. The van der Waals surface area contributed by atoms with Gasteiger partial charge in [-0.05, 0) is 90.2 Å². The number of ether oxygens (including phenoxy) is 2. The van der Waals surface area contributed by atoms with Crippen LogP contribution in [0.3, 0.4) is 0 Å². The van der Waals surface area contributed by atoms with Gasteiger partial charge in [0.15, 0.2) is 0 Å². The minimum atomic E-state index is -3.78. The first-order chi connectivity index (χ1) is 20.0. The van der Waals surface area contributed by atoms with E-state index in [1.807, 2.05) is 54.2 Å². The van der Waals surface area contributed by atoms with Crippen LogP contribution in [0.5, 0.6) is 17.2 Å². The first kappa shape index (κ1) is 26.0. The molecule has 208 valence electrons. The molecule has 7 rings (SSSR count). The van der Waals surface area contributed by atoms with E-state index in [2.05, 4.69) is 46.5 Å². The Balaban J connectivity index is 1.08. The van der Waals surface area contributed by atoms with Crippen molar-refractivity contribution >= 4 is 33.2 Å². The SMILES string of the molecule is O=S(=O)(Nc1ccc(Oc2ccccc2)cc1)c1ccc2c(c1)[C@H]1C=CC[C@H]1[C@@H](c1ccc(OC3CSC3)cc1)N2. The molecule has 0 spiro atoms. The fourth-order valence-electron chi connectivity index (χ4n) is 5.73. The maximum Gasteiger partial charge on any atom is 0.261 e. The normalized spacial score (nSPS) is 21.2.